The third kappa shape index (κ3) is 5.57. The van der Waals surface area contributed by atoms with Gasteiger partial charge in [-0.1, -0.05) is 29.5 Å². The quantitative estimate of drug-likeness (QED) is 0.484. The second-order valence-electron chi connectivity index (χ2n) is 7.02. The maximum Gasteiger partial charge on any atom is 0.229 e. The molecule has 4 rings (SSSR count). The summed E-state index contributed by atoms with van der Waals surface area (Å²) in [6.07, 6.45) is 0.424. The van der Waals surface area contributed by atoms with Crippen LogP contribution in [-0.2, 0) is 9.53 Å². The number of hydrogen-bond donors (Lipinski definition) is 0. The highest BCUT2D eigenvalue weighted by molar-refractivity contribution is 7.99. The summed E-state index contributed by atoms with van der Waals surface area (Å²) in [5, 5.41) is 0.638. The number of aromatic nitrogens is 1. The van der Waals surface area contributed by atoms with Gasteiger partial charge in [0.1, 0.15) is 5.82 Å². The summed E-state index contributed by atoms with van der Waals surface area (Å²) in [4.78, 5) is 22.9. The van der Waals surface area contributed by atoms with Crippen LogP contribution >= 0.6 is 23.1 Å². The number of fused-ring (bicyclic) bond motifs is 1. The van der Waals surface area contributed by atoms with Crippen LogP contribution in [0.5, 0.6) is 0 Å². The van der Waals surface area contributed by atoms with E-state index in [9.17, 15) is 9.18 Å². The van der Waals surface area contributed by atoms with Gasteiger partial charge in [-0.2, -0.15) is 0 Å². The Hall–Kier alpha value is -2.00. The molecule has 1 aromatic heterocycles. The predicted octanol–water partition coefficient (Wildman–Crippen LogP) is 4.28. The van der Waals surface area contributed by atoms with Gasteiger partial charge in [0.05, 0.1) is 23.4 Å². The molecule has 30 heavy (non-hydrogen) atoms. The van der Waals surface area contributed by atoms with E-state index < -0.39 is 0 Å². The first-order valence-electron chi connectivity index (χ1n) is 10.0. The van der Waals surface area contributed by atoms with E-state index in [2.05, 4.69) is 9.88 Å². The molecule has 2 aromatic carbocycles. The van der Waals surface area contributed by atoms with Gasteiger partial charge in [0, 0.05) is 43.2 Å². The Kier molecular flexibility index (Phi) is 7.33. The number of thioether (sulfide) groups is 1. The van der Waals surface area contributed by atoms with Crippen LogP contribution in [0.2, 0.25) is 0 Å². The minimum Gasteiger partial charge on any atom is -0.379 e. The summed E-state index contributed by atoms with van der Waals surface area (Å²) >= 11 is 3.04. The summed E-state index contributed by atoms with van der Waals surface area (Å²) in [5.74, 6) is 0.463. The summed E-state index contributed by atoms with van der Waals surface area (Å²) in [6, 6.07) is 14.6. The molecule has 0 saturated carbocycles. The number of carbonyl (C=O) groups excluding carboxylic acids is 1. The van der Waals surface area contributed by atoms with E-state index in [0.717, 1.165) is 48.0 Å². The molecule has 1 aliphatic rings. The van der Waals surface area contributed by atoms with Gasteiger partial charge in [-0.25, -0.2) is 9.37 Å². The number of amides is 1. The van der Waals surface area contributed by atoms with E-state index >= 15 is 0 Å². The summed E-state index contributed by atoms with van der Waals surface area (Å²) in [6.45, 7) is 4.53. The molecule has 0 aliphatic carbocycles. The molecule has 0 spiro atoms. The van der Waals surface area contributed by atoms with Crippen molar-refractivity contribution >= 4 is 44.4 Å². The molecule has 0 atom stereocenters. The monoisotopic (exact) mass is 445 g/mol. The number of rotatable bonds is 8. The van der Waals surface area contributed by atoms with E-state index in [4.69, 9.17) is 4.74 Å². The average molecular weight is 446 g/mol. The van der Waals surface area contributed by atoms with Gasteiger partial charge < -0.3 is 4.74 Å². The molecule has 3 aromatic rings. The zero-order valence-electron chi connectivity index (χ0n) is 16.6. The number of benzene rings is 2. The normalized spacial score (nSPS) is 14.8. The minimum atomic E-state index is -0.289. The maximum absolute atomic E-state index is 13.6. The lowest BCUT2D eigenvalue weighted by molar-refractivity contribution is -0.118. The molecule has 0 unspecified atom stereocenters. The van der Waals surface area contributed by atoms with E-state index in [0.29, 0.717) is 23.8 Å². The standard InChI is InChI=1S/C22H24FN3O2S2/c23-17-6-7-19-20(16-17)30-22(24-19)26(10-9-25-11-13-28-14-12-25)21(27)8-15-29-18-4-2-1-3-5-18/h1-7,16H,8-15H2. The molecule has 0 bridgehead atoms. The average Bonchev–Trinajstić information content (AvgIpc) is 3.18. The van der Waals surface area contributed by atoms with Gasteiger partial charge in [-0.3, -0.25) is 14.6 Å². The van der Waals surface area contributed by atoms with E-state index in [1.165, 1.54) is 23.5 Å². The highest BCUT2D eigenvalue weighted by atomic mass is 32.2. The van der Waals surface area contributed by atoms with Gasteiger partial charge in [0.25, 0.3) is 0 Å². The molecule has 2 heterocycles. The Balaban J connectivity index is 1.45. The number of carbonyl (C=O) groups is 1. The molecule has 8 heteroatoms. The number of anilines is 1. The van der Waals surface area contributed by atoms with Gasteiger partial charge >= 0.3 is 0 Å². The summed E-state index contributed by atoms with van der Waals surface area (Å²) in [5.41, 5.74) is 0.722. The molecule has 158 valence electrons. The van der Waals surface area contributed by atoms with E-state index in [1.54, 1.807) is 22.7 Å². The molecular formula is C22H24FN3O2S2. The molecular weight excluding hydrogens is 421 g/mol. The first-order valence-corrected chi connectivity index (χ1v) is 11.8. The van der Waals surface area contributed by atoms with Crippen LogP contribution in [0.4, 0.5) is 9.52 Å². The third-order valence-electron chi connectivity index (χ3n) is 4.94. The Labute approximate surface area is 183 Å². The van der Waals surface area contributed by atoms with E-state index in [-0.39, 0.29) is 11.7 Å². The van der Waals surface area contributed by atoms with Crippen molar-refractivity contribution in [2.24, 2.45) is 0 Å². The molecule has 0 radical (unpaired) electrons. The van der Waals surface area contributed by atoms with Crippen LogP contribution < -0.4 is 4.90 Å². The van der Waals surface area contributed by atoms with Crippen LogP contribution in [0.1, 0.15) is 6.42 Å². The highest BCUT2D eigenvalue weighted by Crippen LogP contribution is 2.30. The van der Waals surface area contributed by atoms with Crippen molar-refractivity contribution in [2.45, 2.75) is 11.3 Å². The maximum atomic E-state index is 13.6. The lowest BCUT2D eigenvalue weighted by Crippen LogP contribution is -2.43. The van der Waals surface area contributed by atoms with Crippen molar-refractivity contribution in [3.05, 3.63) is 54.3 Å². The van der Waals surface area contributed by atoms with Crippen molar-refractivity contribution in [2.75, 3.05) is 50.0 Å². The van der Waals surface area contributed by atoms with Crippen LogP contribution in [0, 0.1) is 5.82 Å². The zero-order chi connectivity index (χ0) is 20.8. The minimum absolute atomic E-state index is 0.0474. The molecule has 1 saturated heterocycles. The Morgan fingerprint density at radius 1 is 1.20 bits per heavy atom. The van der Waals surface area contributed by atoms with Crippen molar-refractivity contribution in [1.29, 1.82) is 0 Å². The van der Waals surface area contributed by atoms with Crippen LogP contribution in [0.25, 0.3) is 10.2 Å². The Bertz CT molecular complexity index is 977. The Morgan fingerprint density at radius 3 is 2.80 bits per heavy atom. The number of hydrogen-bond acceptors (Lipinski definition) is 6. The van der Waals surface area contributed by atoms with Crippen molar-refractivity contribution in [1.82, 2.24) is 9.88 Å². The van der Waals surface area contributed by atoms with Gasteiger partial charge in [0.15, 0.2) is 5.13 Å². The fraction of sp³-hybridized carbons (Fsp3) is 0.364. The SMILES string of the molecule is O=C(CCSc1ccccc1)N(CCN1CCOCC1)c1nc2ccc(F)cc2s1. The number of thiazole rings is 1. The van der Waals surface area contributed by atoms with Crippen molar-refractivity contribution < 1.29 is 13.9 Å². The van der Waals surface area contributed by atoms with Crippen molar-refractivity contribution in [3.63, 3.8) is 0 Å². The number of nitrogens with zero attached hydrogens (tertiary/aromatic N) is 3. The van der Waals surface area contributed by atoms with Crippen LogP contribution in [0.15, 0.2) is 53.4 Å². The second-order valence-corrected chi connectivity index (χ2v) is 9.20. The molecule has 5 nitrogen and oxygen atoms in total. The van der Waals surface area contributed by atoms with Crippen molar-refractivity contribution in [3.8, 4) is 0 Å². The molecule has 1 aliphatic heterocycles. The Morgan fingerprint density at radius 2 is 2.00 bits per heavy atom. The van der Waals surface area contributed by atoms with E-state index in [1.807, 2.05) is 30.3 Å². The summed E-state index contributed by atoms with van der Waals surface area (Å²) < 4.78 is 19.8. The van der Waals surface area contributed by atoms with Gasteiger partial charge in [-0.05, 0) is 30.3 Å². The predicted molar refractivity (Wildman–Crippen MR) is 121 cm³/mol. The smallest absolute Gasteiger partial charge is 0.229 e. The third-order valence-corrected chi connectivity index (χ3v) is 7.00. The number of morpholine rings is 1. The topological polar surface area (TPSA) is 45.7 Å². The van der Waals surface area contributed by atoms with Gasteiger partial charge in [-0.15, -0.1) is 11.8 Å². The lowest BCUT2D eigenvalue weighted by Gasteiger charge is -2.29. The molecule has 0 N–H and O–H groups in total. The van der Waals surface area contributed by atoms with Gasteiger partial charge in [0.2, 0.25) is 5.91 Å². The molecule has 1 amide bonds. The molecule has 1 fully saturated rings. The first kappa shape index (κ1) is 21.2. The van der Waals surface area contributed by atoms with Crippen LogP contribution in [-0.4, -0.2) is 60.9 Å². The summed E-state index contributed by atoms with van der Waals surface area (Å²) in [7, 11) is 0. The number of halogens is 1. The van der Waals surface area contributed by atoms with Crippen LogP contribution in [0.3, 0.4) is 0 Å². The zero-order valence-corrected chi connectivity index (χ0v) is 18.3. The lowest BCUT2D eigenvalue weighted by atomic mass is 10.3. The number of ether oxygens (including phenoxy) is 1. The fourth-order valence-corrected chi connectivity index (χ4v) is 5.20. The second kappa shape index (κ2) is 10.3. The highest BCUT2D eigenvalue weighted by Gasteiger charge is 2.21. The largest absolute Gasteiger partial charge is 0.379 e. The fourth-order valence-electron chi connectivity index (χ4n) is 3.30. The first-order chi connectivity index (χ1) is 14.7.